The van der Waals surface area contributed by atoms with Gasteiger partial charge < -0.3 is 19.1 Å². The Morgan fingerprint density at radius 1 is 1.00 bits per heavy atom. The van der Waals surface area contributed by atoms with Gasteiger partial charge in [-0.25, -0.2) is 0 Å². The van der Waals surface area contributed by atoms with Crippen molar-refractivity contribution in [3.8, 4) is 23.6 Å². The Kier molecular flexibility index (Phi) is 6.80. The van der Waals surface area contributed by atoms with E-state index in [1.54, 1.807) is 78.7 Å². The van der Waals surface area contributed by atoms with Crippen LogP contribution < -0.4 is 9.47 Å². The molecule has 0 bridgehead atoms. The van der Waals surface area contributed by atoms with Crippen molar-refractivity contribution in [3.63, 3.8) is 0 Å². The molecule has 2 aromatic rings. The number of Topliss-reactive ketones (excluding diaryl/α,β-unsaturated/α-hetero) is 1. The van der Waals surface area contributed by atoms with Gasteiger partial charge in [0.05, 0.1) is 38.5 Å². The number of nitrogens with zero attached hydrogens (tertiary/aromatic N) is 3. The van der Waals surface area contributed by atoms with E-state index in [9.17, 15) is 20.1 Å². The third-order valence-electron chi connectivity index (χ3n) is 6.71. The third kappa shape index (κ3) is 3.87. The van der Waals surface area contributed by atoms with Gasteiger partial charge in [0.15, 0.2) is 11.2 Å². The molecule has 36 heavy (non-hydrogen) atoms. The fourth-order valence-corrected chi connectivity index (χ4v) is 5.04. The molecule has 0 saturated carbocycles. The van der Waals surface area contributed by atoms with Gasteiger partial charge in [-0.15, -0.1) is 0 Å². The van der Waals surface area contributed by atoms with Crippen LogP contribution in [0.5, 0.6) is 11.5 Å². The maximum atomic E-state index is 14.1. The van der Waals surface area contributed by atoms with Crippen molar-refractivity contribution in [2.24, 2.45) is 5.41 Å². The van der Waals surface area contributed by atoms with E-state index in [0.29, 0.717) is 28.2 Å². The van der Waals surface area contributed by atoms with Crippen molar-refractivity contribution < 1.29 is 23.8 Å². The highest BCUT2D eigenvalue weighted by molar-refractivity contribution is 6.03. The molecule has 182 valence electrons. The van der Waals surface area contributed by atoms with E-state index in [2.05, 4.69) is 12.1 Å². The number of esters is 1. The summed E-state index contributed by atoms with van der Waals surface area (Å²) in [5, 5.41) is 20.2. The number of carbonyl (C=O) groups excluding carboxylic acids is 2. The number of nitriles is 2. The molecule has 1 saturated heterocycles. The minimum absolute atomic E-state index is 0.0738. The SMILES string of the molecule is CCOC(=O)[C@]1(C#N)C2C=CC(C#N)=CN2[C@H](C(=O)c2ccc(OC)cc2)[C@H]1c1ccc(OC)cc1. The summed E-state index contributed by atoms with van der Waals surface area (Å²) in [6.07, 6.45) is 4.75. The Morgan fingerprint density at radius 2 is 1.61 bits per heavy atom. The number of ketones is 1. The lowest BCUT2D eigenvalue weighted by atomic mass is 9.68. The number of rotatable bonds is 7. The summed E-state index contributed by atoms with van der Waals surface area (Å²) in [6.45, 7) is 1.74. The minimum Gasteiger partial charge on any atom is -0.497 e. The molecule has 0 amide bonds. The first-order chi connectivity index (χ1) is 17.4. The molecule has 2 heterocycles. The molecule has 2 aromatic carbocycles. The number of methoxy groups -OCH3 is 2. The topological polar surface area (TPSA) is 113 Å². The zero-order chi connectivity index (χ0) is 25.9. The lowest BCUT2D eigenvalue weighted by molar-refractivity contribution is -0.153. The lowest BCUT2D eigenvalue weighted by Crippen LogP contribution is -2.45. The molecule has 0 aromatic heterocycles. The summed E-state index contributed by atoms with van der Waals surface area (Å²) in [6, 6.07) is 16.1. The average molecular weight is 484 g/mol. The van der Waals surface area contributed by atoms with Gasteiger partial charge in [0.2, 0.25) is 0 Å². The van der Waals surface area contributed by atoms with E-state index in [0.717, 1.165) is 0 Å². The lowest BCUT2D eigenvalue weighted by Gasteiger charge is -2.32. The van der Waals surface area contributed by atoms with Crippen molar-refractivity contribution in [1.29, 1.82) is 10.5 Å². The molecule has 2 aliphatic rings. The first-order valence-electron chi connectivity index (χ1n) is 11.4. The van der Waals surface area contributed by atoms with Gasteiger partial charge in [0.1, 0.15) is 23.6 Å². The number of benzene rings is 2. The zero-order valence-corrected chi connectivity index (χ0v) is 20.2. The summed E-state index contributed by atoms with van der Waals surface area (Å²) < 4.78 is 15.9. The number of hydrogen-bond acceptors (Lipinski definition) is 8. The molecule has 0 N–H and O–H groups in total. The summed E-state index contributed by atoms with van der Waals surface area (Å²) in [5.74, 6) is -0.725. The van der Waals surface area contributed by atoms with E-state index >= 15 is 0 Å². The minimum atomic E-state index is -1.74. The highest BCUT2D eigenvalue weighted by Gasteiger charge is 2.66. The third-order valence-corrected chi connectivity index (χ3v) is 6.71. The van der Waals surface area contributed by atoms with Crippen LogP contribution in [0.4, 0.5) is 0 Å². The molecule has 1 unspecified atom stereocenters. The van der Waals surface area contributed by atoms with Crippen molar-refractivity contribution in [2.45, 2.75) is 24.9 Å². The van der Waals surface area contributed by atoms with Crippen LogP contribution in [0.1, 0.15) is 28.8 Å². The monoisotopic (exact) mass is 483 g/mol. The van der Waals surface area contributed by atoms with E-state index in [1.165, 1.54) is 14.2 Å². The number of ether oxygens (including phenoxy) is 3. The number of hydrogen-bond donors (Lipinski definition) is 0. The molecule has 2 aliphatic heterocycles. The highest BCUT2D eigenvalue weighted by atomic mass is 16.5. The second-order valence-corrected chi connectivity index (χ2v) is 8.44. The number of carbonyl (C=O) groups is 2. The van der Waals surface area contributed by atoms with Crippen LogP contribution >= 0.6 is 0 Å². The molecule has 1 fully saturated rings. The van der Waals surface area contributed by atoms with Crippen LogP contribution in [0, 0.1) is 28.1 Å². The van der Waals surface area contributed by atoms with Crippen LogP contribution in [0.15, 0.2) is 72.5 Å². The first-order valence-corrected chi connectivity index (χ1v) is 11.4. The maximum absolute atomic E-state index is 14.1. The molecule has 0 radical (unpaired) electrons. The smallest absolute Gasteiger partial charge is 0.329 e. The molecule has 0 spiro atoms. The summed E-state index contributed by atoms with van der Waals surface area (Å²) in [5.41, 5.74) is -0.445. The van der Waals surface area contributed by atoms with Crippen molar-refractivity contribution in [1.82, 2.24) is 4.90 Å². The summed E-state index contributed by atoms with van der Waals surface area (Å²) in [7, 11) is 3.07. The summed E-state index contributed by atoms with van der Waals surface area (Å²) >= 11 is 0. The Balaban J connectivity index is 1.96. The molecule has 8 nitrogen and oxygen atoms in total. The predicted octanol–water partition coefficient (Wildman–Crippen LogP) is 3.77. The Morgan fingerprint density at radius 3 is 2.14 bits per heavy atom. The molecular formula is C28H25N3O5. The Hall–Kier alpha value is -4.56. The van der Waals surface area contributed by atoms with Gasteiger partial charge >= 0.3 is 5.97 Å². The van der Waals surface area contributed by atoms with Crippen LogP contribution in [0.3, 0.4) is 0 Å². The highest BCUT2D eigenvalue weighted by Crippen LogP contribution is 2.54. The first kappa shape index (κ1) is 24.6. The normalized spacial score (nSPS) is 24.1. The molecule has 4 rings (SSSR count). The van der Waals surface area contributed by atoms with Gasteiger partial charge in [-0.3, -0.25) is 9.59 Å². The van der Waals surface area contributed by atoms with Gasteiger partial charge in [0, 0.05) is 17.7 Å². The molecular weight excluding hydrogens is 458 g/mol. The van der Waals surface area contributed by atoms with Gasteiger partial charge in [-0.2, -0.15) is 10.5 Å². The maximum Gasteiger partial charge on any atom is 0.329 e. The van der Waals surface area contributed by atoms with Crippen molar-refractivity contribution >= 4 is 11.8 Å². The van der Waals surface area contributed by atoms with Crippen molar-refractivity contribution in [3.05, 3.63) is 83.6 Å². The standard InChI is InChI=1S/C28H25N3O5/c1-4-36-27(33)28(17-30)23-14-5-18(15-29)16-31(23)25(24(28)19-6-10-21(34-2)11-7-19)26(32)20-8-12-22(35-3)13-9-20/h5-14,16,23-25H,4H2,1-3H3/t23?,24-,25+,28-/m1/s1. The number of allylic oxidation sites excluding steroid dienone is 2. The average Bonchev–Trinajstić information content (AvgIpc) is 3.23. The van der Waals surface area contributed by atoms with E-state index < -0.39 is 29.4 Å². The Bertz CT molecular complexity index is 1300. The molecule has 4 atom stereocenters. The van der Waals surface area contributed by atoms with Gasteiger partial charge in [-0.05, 0) is 55.0 Å². The van der Waals surface area contributed by atoms with E-state index in [-0.39, 0.29) is 12.4 Å². The molecule has 8 heteroatoms. The fraction of sp³-hybridized carbons (Fsp3) is 0.286. The fourth-order valence-electron chi connectivity index (χ4n) is 5.04. The second-order valence-electron chi connectivity index (χ2n) is 8.44. The molecule has 0 aliphatic carbocycles. The van der Waals surface area contributed by atoms with E-state index in [1.807, 2.05) is 0 Å². The van der Waals surface area contributed by atoms with E-state index in [4.69, 9.17) is 14.2 Å². The van der Waals surface area contributed by atoms with Crippen LogP contribution in [0.25, 0.3) is 0 Å². The predicted molar refractivity (Wildman–Crippen MR) is 130 cm³/mol. The van der Waals surface area contributed by atoms with Crippen LogP contribution in [0.2, 0.25) is 0 Å². The van der Waals surface area contributed by atoms with Gasteiger partial charge in [-0.1, -0.05) is 18.2 Å². The number of fused-ring (bicyclic) bond motifs is 1. The van der Waals surface area contributed by atoms with Crippen molar-refractivity contribution in [2.75, 3.05) is 20.8 Å². The second kappa shape index (κ2) is 9.97. The Labute approximate surface area is 209 Å². The van der Waals surface area contributed by atoms with Gasteiger partial charge in [0.25, 0.3) is 0 Å². The summed E-state index contributed by atoms with van der Waals surface area (Å²) in [4.78, 5) is 29.3. The quantitative estimate of drug-likeness (QED) is 0.432. The van der Waals surface area contributed by atoms with Crippen LogP contribution in [-0.2, 0) is 9.53 Å². The van der Waals surface area contributed by atoms with Crippen LogP contribution in [-0.4, -0.2) is 49.6 Å². The zero-order valence-electron chi connectivity index (χ0n) is 20.2. The largest absolute Gasteiger partial charge is 0.497 e.